The number of benzene rings is 1. The van der Waals surface area contributed by atoms with Crippen LogP contribution in [0.25, 0.3) is 5.57 Å². The number of hydrogen-bond acceptors (Lipinski definition) is 6. The van der Waals surface area contributed by atoms with Gasteiger partial charge in [-0.15, -0.1) is 0 Å². The van der Waals surface area contributed by atoms with Gasteiger partial charge < -0.3 is 19.9 Å². The minimum atomic E-state index is 0.0792. The third-order valence-electron chi connectivity index (χ3n) is 8.06. The number of nitrogens with one attached hydrogen (secondary N) is 1. The first-order chi connectivity index (χ1) is 19.3. The van der Waals surface area contributed by atoms with E-state index in [0.717, 1.165) is 70.2 Å². The summed E-state index contributed by atoms with van der Waals surface area (Å²) in [5.41, 5.74) is 3.77. The number of rotatable bonds is 15. The topological polar surface area (TPSA) is 70.6 Å². The molecule has 0 fully saturated rings. The van der Waals surface area contributed by atoms with Crippen LogP contribution in [0.3, 0.4) is 0 Å². The van der Waals surface area contributed by atoms with Gasteiger partial charge in [0.05, 0.1) is 6.61 Å². The second kappa shape index (κ2) is 16.4. The van der Waals surface area contributed by atoms with Gasteiger partial charge in [0.1, 0.15) is 5.75 Å². The summed E-state index contributed by atoms with van der Waals surface area (Å²) in [5.74, 6) is 2.51. The number of aryl methyl sites for hydroxylation is 1. The van der Waals surface area contributed by atoms with Crippen molar-refractivity contribution in [2.24, 2.45) is 11.8 Å². The minimum absolute atomic E-state index is 0.0792. The number of amides is 1. The third kappa shape index (κ3) is 10.2. The Morgan fingerprint density at radius 1 is 1.10 bits per heavy atom. The van der Waals surface area contributed by atoms with Crippen LogP contribution < -0.4 is 10.1 Å². The molecule has 0 bridgehead atoms. The first kappa shape index (κ1) is 31.6. The molecule has 1 aliphatic rings. The molecule has 1 amide bonds. The lowest BCUT2D eigenvalue weighted by Gasteiger charge is -2.28. The molecule has 1 aliphatic carbocycles. The lowest BCUT2D eigenvalue weighted by molar-refractivity contribution is -0.134. The molecule has 0 spiro atoms. The van der Waals surface area contributed by atoms with Crippen molar-refractivity contribution in [2.45, 2.75) is 78.2 Å². The Labute approximate surface area is 242 Å². The summed E-state index contributed by atoms with van der Waals surface area (Å²) in [6.45, 7) is 8.91. The van der Waals surface area contributed by atoms with Crippen LogP contribution in [-0.4, -0.2) is 72.6 Å². The maximum absolute atomic E-state index is 13.1. The van der Waals surface area contributed by atoms with Crippen molar-refractivity contribution in [1.29, 1.82) is 0 Å². The fourth-order valence-corrected chi connectivity index (χ4v) is 5.07. The molecule has 7 heteroatoms. The second-order valence-electron chi connectivity index (χ2n) is 11.7. The van der Waals surface area contributed by atoms with Crippen LogP contribution in [0.2, 0.25) is 0 Å². The maximum atomic E-state index is 13.1. The predicted octanol–water partition coefficient (Wildman–Crippen LogP) is 6.32. The number of carbonyl (C=O) groups is 1. The van der Waals surface area contributed by atoms with Gasteiger partial charge in [-0.1, -0.05) is 38.5 Å². The molecule has 1 heterocycles. The smallest absolute Gasteiger partial charge is 0.225 e. The number of ether oxygens (including phenoxy) is 1. The SMILES string of the molecule is CCCc1cnc(NCCC(C)CCOc2ccc(C3=CCC(C(=O)N(C)CC(C)N(C)C)CCC3)cc2)nc1. The molecule has 0 aliphatic heterocycles. The Balaban J connectivity index is 1.39. The van der Waals surface area contributed by atoms with E-state index in [9.17, 15) is 4.79 Å². The van der Waals surface area contributed by atoms with Crippen LogP contribution in [0.5, 0.6) is 5.75 Å². The Morgan fingerprint density at radius 3 is 2.50 bits per heavy atom. The monoisotopic (exact) mass is 549 g/mol. The highest BCUT2D eigenvalue weighted by atomic mass is 16.5. The third-order valence-corrected chi connectivity index (χ3v) is 8.06. The fraction of sp³-hybridized carbons (Fsp3) is 0.606. The van der Waals surface area contributed by atoms with Crippen LogP contribution in [-0.2, 0) is 11.2 Å². The van der Waals surface area contributed by atoms with Crippen molar-refractivity contribution in [1.82, 2.24) is 19.8 Å². The molecule has 0 saturated heterocycles. The average Bonchev–Trinajstić information content (AvgIpc) is 3.20. The van der Waals surface area contributed by atoms with Crippen LogP contribution in [0, 0.1) is 11.8 Å². The van der Waals surface area contributed by atoms with Crippen LogP contribution in [0.15, 0.2) is 42.7 Å². The maximum Gasteiger partial charge on any atom is 0.225 e. The molecular formula is C33H51N5O2. The summed E-state index contributed by atoms with van der Waals surface area (Å²) in [4.78, 5) is 25.9. The van der Waals surface area contributed by atoms with Crippen LogP contribution >= 0.6 is 0 Å². The molecule has 3 unspecified atom stereocenters. The quantitative estimate of drug-likeness (QED) is 0.280. The van der Waals surface area contributed by atoms with E-state index in [0.29, 0.717) is 24.5 Å². The van der Waals surface area contributed by atoms with E-state index in [1.165, 1.54) is 16.7 Å². The normalized spacial score (nSPS) is 17.1. The highest BCUT2D eigenvalue weighted by molar-refractivity contribution is 5.79. The molecule has 3 rings (SSSR count). The van der Waals surface area contributed by atoms with E-state index in [-0.39, 0.29) is 11.8 Å². The Morgan fingerprint density at radius 2 is 1.82 bits per heavy atom. The van der Waals surface area contributed by atoms with Gasteiger partial charge in [-0.25, -0.2) is 9.97 Å². The van der Waals surface area contributed by atoms with Crippen molar-refractivity contribution in [3.63, 3.8) is 0 Å². The molecule has 7 nitrogen and oxygen atoms in total. The molecule has 220 valence electrons. The van der Waals surface area contributed by atoms with E-state index < -0.39 is 0 Å². The van der Waals surface area contributed by atoms with Gasteiger partial charge in [0.15, 0.2) is 0 Å². The van der Waals surface area contributed by atoms with Crippen LogP contribution in [0.4, 0.5) is 5.95 Å². The van der Waals surface area contributed by atoms with E-state index in [1.54, 1.807) is 0 Å². The molecule has 0 radical (unpaired) electrons. The molecule has 1 aromatic carbocycles. The number of anilines is 1. The van der Waals surface area contributed by atoms with E-state index in [4.69, 9.17) is 4.74 Å². The van der Waals surface area contributed by atoms with Crippen LogP contribution in [0.1, 0.15) is 76.8 Å². The zero-order chi connectivity index (χ0) is 28.9. The van der Waals surface area contributed by atoms with Gasteiger partial charge in [0.2, 0.25) is 11.9 Å². The van der Waals surface area contributed by atoms with E-state index in [2.05, 4.69) is 85.4 Å². The first-order valence-electron chi connectivity index (χ1n) is 15.1. The largest absolute Gasteiger partial charge is 0.494 e. The molecule has 1 N–H and O–H groups in total. The van der Waals surface area contributed by atoms with Crippen molar-refractivity contribution in [2.75, 3.05) is 46.2 Å². The zero-order valence-electron chi connectivity index (χ0n) is 25.7. The van der Waals surface area contributed by atoms with Gasteiger partial charge in [-0.3, -0.25) is 4.79 Å². The van der Waals surface area contributed by atoms with Gasteiger partial charge in [-0.2, -0.15) is 0 Å². The highest BCUT2D eigenvalue weighted by Crippen LogP contribution is 2.30. The molecule has 40 heavy (non-hydrogen) atoms. The number of nitrogens with zero attached hydrogens (tertiary/aromatic N) is 4. The summed E-state index contributed by atoms with van der Waals surface area (Å²) in [7, 11) is 6.06. The highest BCUT2D eigenvalue weighted by Gasteiger charge is 2.24. The minimum Gasteiger partial charge on any atom is -0.494 e. The van der Waals surface area contributed by atoms with Crippen molar-refractivity contribution >= 4 is 17.4 Å². The molecular weight excluding hydrogens is 498 g/mol. The fourth-order valence-electron chi connectivity index (χ4n) is 5.07. The number of likely N-dealkylation sites (N-methyl/N-ethyl adjacent to an activating group) is 2. The zero-order valence-corrected chi connectivity index (χ0v) is 25.7. The van der Waals surface area contributed by atoms with Crippen molar-refractivity contribution in [3.8, 4) is 5.75 Å². The van der Waals surface area contributed by atoms with E-state index >= 15 is 0 Å². The lowest BCUT2D eigenvalue weighted by Crippen LogP contribution is -2.41. The first-order valence-corrected chi connectivity index (χ1v) is 15.1. The number of aromatic nitrogens is 2. The second-order valence-corrected chi connectivity index (χ2v) is 11.7. The van der Waals surface area contributed by atoms with Gasteiger partial charge >= 0.3 is 0 Å². The lowest BCUT2D eigenvalue weighted by atomic mass is 9.99. The molecule has 0 saturated carbocycles. The van der Waals surface area contributed by atoms with Gasteiger partial charge in [-0.05, 0) is 101 Å². The summed E-state index contributed by atoms with van der Waals surface area (Å²) in [5, 5.41) is 3.33. The summed E-state index contributed by atoms with van der Waals surface area (Å²) >= 11 is 0. The van der Waals surface area contributed by atoms with Crippen molar-refractivity contribution in [3.05, 3.63) is 53.9 Å². The number of hydrogen-bond donors (Lipinski definition) is 1. The van der Waals surface area contributed by atoms with Crippen molar-refractivity contribution < 1.29 is 9.53 Å². The molecule has 3 atom stereocenters. The average molecular weight is 550 g/mol. The molecule has 1 aromatic heterocycles. The standard InChI is InChI=1S/C33H51N5O2/c1-7-9-27-22-35-33(36-23-27)34-20-18-25(2)19-21-40-31-16-14-29(15-17-31)28-10-8-11-30(13-12-28)32(39)38(6)24-26(3)37(4)5/h12,14-17,22-23,25-26,30H,7-11,13,18-21,24H2,1-6H3,(H,34,35,36). The summed E-state index contributed by atoms with van der Waals surface area (Å²) in [6, 6.07) is 8.82. The Hall–Kier alpha value is -2.93. The van der Waals surface area contributed by atoms with E-state index in [1.807, 2.05) is 24.3 Å². The number of allylic oxidation sites excluding steroid dienone is 2. The Kier molecular flexibility index (Phi) is 12.9. The summed E-state index contributed by atoms with van der Waals surface area (Å²) in [6.07, 6.45) is 14.1. The summed E-state index contributed by atoms with van der Waals surface area (Å²) < 4.78 is 6.05. The van der Waals surface area contributed by atoms with Gasteiger partial charge in [0, 0.05) is 44.5 Å². The predicted molar refractivity (Wildman–Crippen MR) is 166 cm³/mol. The van der Waals surface area contributed by atoms with Gasteiger partial charge in [0.25, 0.3) is 0 Å². The Bertz CT molecular complexity index is 1050. The number of carbonyl (C=O) groups excluding carboxylic acids is 1. The molecule has 2 aromatic rings.